The minimum Gasteiger partial charge on any atom is -0.358 e. The van der Waals surface area contributed by atoms with Gasteiger partial charge in [0.1, 0.15) is 9.87 Å². The third kappa shape index (κ3) is 1.23. The monoisotopic (exact) mass is 146 g/mol. The average molecular weight is 146 g/mol. The highest BCUT2D eigenvalue weighted by Crippen LogP contribution is 2.51. The highest BCUT2D eigenvalue weighted by Gasteiger charge is 2.52. The zero-order valence-electron chi connectivity index (χ0n) is 5.64. The van der Waals surface area contributed by atoms with E-state index < -0.39 is 0 Å². The molecule has 0 aromatic heterocycles. The largest absolute Gasteiger partial charge is 0.358 e. The molecule has 0 aliphatic carbocycles. The van der Waals surface area contributed by atoms with Crippen LogP contribution in [0.3, 0.4) is 0 Å². The Kier molecular flexibility index (Phi) is 0.979. The van der Waals surface area contributed by atoms with Gasteiger partial charge in [0.2, 0.25) is 0 Å². The lowest BCUT2D eigenvalue weighted by molar-refractivity contribution is 0.381. The van der Waals surface area contributed by atoms with Gasteiger partial charge in [0.25, 0.3) is 0 Å². The number of hydrogen-bond acceptors (Lipinski definition) is 3. The summed E-state index contributed by atoms with van der Waals surface area (Å²) in [5.74, 6) is 0. The molecule has 2 aliphatic heterocycles. The van der Waals surface area contributed by atoms with Gasteiger partial charge in [-0.25, -0.2) is 0 Å². The minimum absolute atomic E-state index is 0.0885. The molecule has 0 aromatic rings. The van der Waals surface area contributed by atoms with Crippen molar-refractivity contribution in [3.8, 4) is 0 Å². The molecule has 0 saturated carbocycles. The first-order chi connectivity index (χ1) is 4.12. The lowest BCUT2D eigenvalue weighted by Gasteiger charge is -2.06. The zero-order chi connectivity index (χ0) is 6.54. The predicted molar refractivity (Wildman–Crippen MR) is 36.3 cm³/mol. The van der Waals surface area contributed by atoms with Crippen molar-refractivity contribution in [2.75, 3.05) is 13.2 Å². The van der Waals surface area contributed by atoms with E-state index in [9.17, 15) is 0 Å². The van der Waals surface area contributed by atoms with Crippen molar-refractivity contribution >= 4 is 11.8 Å². The fourth-order valence-electron chi connectivity index (χ4n) is 0.778. The molecule has 0 amide bonds. The van der Waals surface area contributed by atoms with Crippen LogP contribution in [-0.4, -0.2) is 23.1 Å². The zero-order valence-corrected chi connectivity index (χ0v) is 6.46. The van der Waals surface area contributed by atoms with E-state index >= 15 is 0 Å². The molecular formula is C6H10O2S. The van der Waals surface area contributed by atoms with Crippen molar-refractivity contribution in [1.82, 2.24) is 0 Å². The summed E-state index contributed by atoms with van der Waals surface area (Å²) in [7, 11) is 0. The van der Waals surface area contributed by atoms with Crippen LogP contribution >= 0.6 is 11.8 Å². The van der Waals surface area contributed by atoms with Crippen LogP contribution in [0, 0.1) is 0 Å². The summed E-state index contributed by atoms with van der Waals surface area (Å²) < 4.78 is 10.4. The SMILES string of the molecule is CC1(SC2(C)CO2)CO1. The van der Waals surface area contributed by atoms with E-state index in [1.807, 2.05) is 0 Å². The molecule has 0 N–H and O–H groups in total. The van der Waals surface area contributed by atoms with Crippen molar-refractivity contribution in [2.24, 2.45) is 0 Å². The topological polar surface area (TPSA) is 25.1 Å². The van der Waals surface area contributed by atoms with Crippen LogP contribution in [0.2, 0.25) is 0 Å². The molecule has 2 heterocycles. The molecule has 2 rings (SSSR count). The molecule has 3 heteroatoms. The van der Waals surface area contributed by atoms with Crippen molar-refractivity contribution in [2.45, 2.75) is 23.7 Å². The van der Waals surface area contributed by atoms with E-state index in [2.05, 4.69) is 13.8 Å². The second kappa shape index (κ2) is 1.47. The Morgan fingerprint density at radius 2 is 1.44 bits per heavy atom. The second-order valence-electron chi connectivity index (χ2n) is 2.95. The first-order valence-corrected chi connectivity index (χ1v) is 3.92. The molecule has 9 heavy (non-hydrogen) atoms. The van der Waals surface area contributed by atoms with Crippen LogP contribution in [0.25, 0.3) is 0 Å². The predicted octanol–water partition coefficient (Wildman–Crippen LogP) is 1.21. The smallest absolute Gasteiger partial charge is 0.137 e. The number of epoxide rings is 2. The van der Waals surface area contributed by atoms with E-state index in [1.54, 1.807) is 11.8 Å². The van der Waals surface area contributed by atoms with Crippen LogP contribution in [0.1, 0.15) is 13.8 Å². The molecule has 2 atom stereocenters. The summed E-state index contributed by atoms with van der Waals surface area (Å²) in [5, 5.41) is 0. The fraction of sp³-hybridized carbons (Fsp3) is 1.00. The van der Waals surface area contributed by atoms with Gasteiger partial charge in [-0.3, -0.25) is 0 Å². The maximum atomic E-state index is 5.19. The van der Waals surface area contributed by atoms with Gasteiger partial charge in [0, 0.05) is 0 Å². The van der Waals surface area contributed by atoms with Crippen LogP contribution in [-0.2, 0) is 9.47 Å². The lowest BCUT2D eigenvalue weighted by atomic mass is 10.5. The Balaban J connectivity index is 1.90. The number of hydrogen-bond donors (Lipinski definition) is 0. The highest BCUT2D eigenvalue weighted by molar-refractivity contribution is 8.02. The highest BCUT2D eigenvalue weighted by atomic mass is 32.2. The number of rotatable bonds is 2. The molecule has 0 radical (unpaired) electrons. The molecule has 2 aliphatic rings. The Hall–Kier alpha value is 0.270. The number of thioether (sulfide) groups is 1. The molecule has 0 bridgehead atoms. The summed E-state index contributed by atoms with van der Waals surface area (Å²) in [6, 6.07) is 0. The van der Waals surface area contributed by atoms with E-state index in [1.165, 1.54) is 0 Å². The molecule has 2 fully saturated rings. The lowest BCUT2D eigenvalue weighted by Crippen LogP contribution is -2.07. The molecular weight excluding hydrogens is 136 g/mol. The average Bonchev–Trinajstić information content (AvgIpc) is 2.55. The third-order valence-corrected chi connectivity index (χ3v) is 2.87. The van der Waals surface area contributed by atoms with Crippen molar-refractivity contribution < 1.29 is 9.47 Å². The Morgan fingerprint density at radius 3 is 1.67 bits per heavy atom. The first kappa shape index (κ1) is 6.01. The molecule has 2 nitrogen and oxygen atoms in total. The molecule has 0 aromatic carbocycles. The van der Waals surface area contributed by atoms with Crippen LogP contribution in [0.4, 0.5) is 0 Å². The summed E-state index contributed by atoms with van der Waals surface area (Å²) in [5.41, 5.74) is 0. The van der Waals surface area contributed by atoms with Gasteiger partial charge in [-0.15, -0.1) is 0 Å². The van der Waals surface area contributed by atoms with Gasteiger partial charge in [-0.05, 0) is 13.8 Å². The van der Waals surface area contributed by atoms with E-state index in [0.717, 1.165) is 13.2 Å². The van der Waals surface area contributed by atoms with Gasteiger partial charge in [-0.1, -0.05) is 11.8 Å². The fourth-order valence-corrected chi connectivity index (χ4v) is 2.04. The summed E-state index contributed by atoms with van der Waals surface area (Å²) in [6.07, 6.45) is 0. The van der Waals surface area contributed by atoms with Crippen LogP contribution in [0.5, 0.6) is 0 Å². The van der Waals surface area contributed by atoms with Gasteiger partial charge >= 0.3 is 0 Å². The summed E-state index contributed by atoms with van der Waals surface area (Å²) in [6.45, 7) is 5.97. The van der Waals surface area contributed by atoms with Gasteiger partial charge in [-0.2, -0.15) is 0 Å². The number of ether oxygens (including phenoxy) is 2. The van der Waals surface area contributed by atoms with Gasteiger partial charge in [0.05, 0.1) is 13.2 Å². The van der Waals surface area contributed by atoms with Crippen LogP contribution < -0.4 is 0 Å². The standard InChI is InChI=1S/C6H10O2S/c1-5(3-7-5)9-6(2)4-8-6/h3-4H2,1-2H3. The summed E-state index contributed by atoms with van der Waals surface area (Å²) >= 11 is 1.79. The summed E-state index contributed by atoms with van der Waals surface area (Å²) in [4.78, 5) is 0.177. The van der Waals surface area contributed by atoms with E-state index in [4.69, 9.17) is 9.47 Å². The molecule has 2 unspecified atom stereocenters. The molecule has 52 valence electrons. The van der Waals surface area contributed by atoms with Crippen LogP contribution in [0.15, 0.2) is 0 Å². The van der Waals surface area contributed by atoms with Crippen molar-refractivity contribution in [1.29, 1.82) is 0 Å². The van der Waals surface area contributed by atoms with Gasteiger partial charge < -0.3 is 9.47 Å². The second-order valence-corrected chi connectivity index (χ2v) is 4.88. The Bertz CT molecular complexity index is 122. The van der Waals surface area contributed by atoms with Crippen molar-refractivity contribution in [3.63, 3.8) is 0 Å². The molecule has 0 spiro atoms. The van der Waals surface area contributed by atoms with Crippen molar-refractivity contribution in [3.05, 3.63) is 0 Å². The van der Waals surface area contributed by atoms with E-state index in [0.29, 0.717) is 0 Å². The Morgan fingerprint density at radius 1 is 1.11 bits per heavy atom. The normalized spacial score (nSPS) is 55.3. The van der Waals surface area contributed by atoms with E-state index in [-0.39, 0.29) is 9.87 Å². The first-order valence-electron chi connectivity index (χ1n) is 3.10. The minimum atomic E-state index is 0.0885. The van der Waals surface area contributed by atoms with Gasteiger partial charge in [0.15, 0.2) is 0 Å². The maximum absolute atomic E-state index is 5.19. The molecule has 2 saturated heterocycles. The quantitative estimate of drug-likeness (QED) is 0.547. The maximum Gasteiger partial charge on any atom is 0.137 e. The Labute approximate surface area is 58.9 Å². The third-order valence-electron chi connectivity index (χ3n) is 1.53.